The maximum absolute atomic E-state index is 12.0. The molecule has 0 atom stereocenters. The highest BCUT2D eigenvalue weighted by Gasteiger charge is 2.20. The zero-order valence-corrected chi connectivity index (χ0v) is 13.5. The number of fused-ring (bicyclic) bond motifs is 1. The smallest absolute Gasteiger partial charge is 0.244 e. The van der Waals surface area contributed by atoms with Crippen LogP contribution in [0.5, 0.6) is 11.5 Å². The van der Waals surface area contributed by atoms with E-state index >= 15 is 0 Å². The Morgan fingerprint density at radius 3 is 2.74 bits per heavy atom. The van der Waals surface area contributed by atoms with Crippen molar-refractivity contribution in [2.75, 3.05) is 13.2 Å². The number of aliphatic hydroxyl groups excluding tert-OH is 1. The Labute approximate surface area is 140 Å². The third-order valence-corrected chi connectivity index (χ3v) is 4.37. The molecule has 1 saturated carbocycles. The first kappa shape index (κ1) is 16.1. The van der Waals surface area contributed by atoms with Gasteiger partial charge in [0.25, 0.3) is 0 Å². The number of carbonyl (C=O) groups is 1. The summed E-state index contributed by atoms with van der Waals surface area (Å²) in [4.78, 5) is 12.0. The second kappa shape index (κ2) is 7.23. The summed E-state index contributed by atoms with van der Waals surface area (Å²) >= 11 is 6.17. The van der Waals surface area contributed by atoms with Crippen LogP contribution < -0.4 is 14.8 Å². The molecule has 0 spiro atoms. The van der Waals surface area contributed by atoms with E-state index in [-0.39, 0.29) is 18.1 Å². The number of ether oxygens (including phenoxy) is 2. The van der Waals surface area contributed by atoms with Crippen LogP contribution in [0.4, 0.5) is 0 Å². The van der Waals surface area contributed by atoms with Crippen LogP contribution in [0, 0.1) is 0 Å². The van der Waals surface area contributed by atoms with Gasteiger partial charge in [-0.1, -0.05) is 11.6 Å². The quantitative estimate of drug-likeness (QED) is 0.832. The lowest BCUT2D eigenvalue weighted by atomic mass is 9.93. The molecule has 2 aliphatic rings. The second-order valence-corrected chi connectivity index (χ2v) is 6.28. The standard InChI is InChI=1S/C17H20ClNO4/c18-14-9-11(10-15-17(14)23-8-7-22-15)1-6-16(21)19-12-2-4-13(20)5-3-12/h1,6,9-10,12-13,20H,2-5,7-8H2,(H,19,21)/b6-1+. The number of rotatable bonds is 3. The van der Waals surface area contributed by atoms with Crippen LogP contribution in [-0.2, 0) is 4.79 Å². The molecule has 3 rings (SSSR count). The Bertz CT molecular complexity index is 609. The van der Waals surface area contributed by atoms with Crippen molar-refractivity contribution in [2.24, 2.45) is 0 Å². The van der Waals surface area contributed by atoms with Gasteiger partial charge in [-0.25, -0.2) is 0 Å². The van der Waals surface area contributed by atoms with Crippen molar-refractivity contribution in [3.05, 3.63) is 28.8 Å². The van der Waals surface area contributed by atoms with Crippen molar-refractivity contribution < 1.29 is 19.4 Å². The van der Waals surface area contributed by atoms with Crippen LogP contribution in [0.2, 0.25) is 5.02 Å². The maximum atomic E-state index is 12.0. The largest absolute Gasteiger partial charge is 0.486 e. The Kier molecular flexibility index (Phi) is 5.08. The monoisotopic (exact) mass is 337 g/mol. The SMILES string of the molecule is O=C(/C=C/c1cc(Cl)c2c(c1)OCCO2)NC1CCC(O)CC1. The highest BCUT2D eigenvalue weighted by molar-refractivity contribution is 6.32. The van der Waals surface area contributed by atoms with E-state index in [1.807, 2.05) is 0 Å². The fraction of sp³-hybridized carbons (Fsp3) is 0.471. The molecular weight excluding hydrogens is 318 g/mol. The number of hydrogen-bond donors (Lipinski definition) is 2. The molecule has 1 aromatic rings. The van der Waals surface area contributed by atoms with Gasteiger partial charge in [-0.05, 0) is 49.5 Å². The molecular formula is C17H20ClNO4. The molecule has 0 saturated heterocycles. The van der Waals surface area contributed by atoms with Gasteiger partial charge in [0, 0.05) is 12.1 Å². The van der Waals surface area contributed by atoms with Crippen molar-refractivity contribution in [1.82, 2.24) is 5.32 Å². The summed E-state index contributed by atoms with van der Waals surface area (Å²) < 4.78 is 11.0. The van der Waals surface area contributed by atoms with E-state index in [0.717, 1.165) is 31.2 Å². The minimum absolute atomic E-state index is 0.138. The highest BCUT2D eigenvalue weighted by Crippen LogP contribution is 2.38. The van der Waals surface area contributed by atoms with Gasteiger partial charge in [0.15, 0.2) is 11.5 Å². The molecule has 0 bridgehead atoms. The molecule has 0 unspecified atom stereocenters. The first-order valence-corrected chi connectivity index (χ1v) is 8.25. The third kappa shape index (κ3) is 4.18. The number of benzene rings is 1. The molecule has 1 fully saturated rings. The van der Waals surface area contributed by atoms with Gasteiger partial charge in [-0.15, -0.1) is 0 Å². The molecule has 6 heteroatoms. The van der Waals surface area contributed by atoms with Crippen molar-refractivity contribution in [3.8, 4) is 11.5 Å². The summed E-state index contributed by atoms with van der Waals surface area (Å²) in [5.41, 5.74) is 0.786. The molecule has 1 heterocycles. The van der Waals surface area contributed by atoms with Crippen LogP contribution in [0.25, 0.3) is 6.08 Å². The lowest BCUT2D eigenvalue weighted by Gasteiger charge is -2.25. The molecule has 1 amide bonds. The van der Waals surface area contributed by atoms with E-state index in [1.54, 1.807) is 18.2 Å². The Morgan fingerprint density at radius 1 is 1.22 bits per heavy atom. The molecule has 5 nitrogen and oxygen atoms in total. The predicted octanol–water partition coefficient (Wildman–Crippen LogP) is 2.54. The van der Waals surface area contributed by atoms with Gasteiger partial charge >= 0.3 is 0 Å². The average molecular weight is 338 g/mol. The molecule has 0 aromatic heterocycles. The van der Waals surface area contributed by atoms with E-state index < -0.39 is 0 Å². The molecule has 1 aliphatic carbocycles. The number of aliphatic hydroxyl groups is 1. The van der Waals surface area contributed by atoms with Gasteiger partial charge in [-0.3, -0.25) is 4.79 Å². The lowest BCUT2D eigenvalue weighted by Crippen LogP contribution is -2.37. The molecule has 124 valence electrons. The lowest BCUT2D eigenvalue weighted by molar-refractivity contribution is -0.117. The van der Waals surface area contributed by atoms with Gasteiger partial charge in [-0.2, -0.15) is 0 Å². The van der Waals surface area contributed by atoms with Crippen LogP contribution >= 0.6 is 11.6 Å². The van der Waals surface area contributed by atoms with E-state index in [4.69, 9.17) is 21.1 Å². The minimum atomic E-state index is -0.224. The number of hydrogen-bond acceptors (Lipinski definition) is 4. The Balaban J connectivity index is 1.61. The summed E-state index contributed by atoms with van der Waals surface area (Å²) in [6.07, 6.45) is 6.09. The summed E-state index contributed by atoms with van der Waals surface area (Å²) in [5, 5.41) is 12.9. The second-order valence-electron chi connectivity index (χ2n) is 5.87. The minimum Gasteiger partial charge on any atom is -0.486 e. The maximum Gasteiger partial charge on any atom is 0.244 e. The normalized spacial score (nSPS) is 23.7. The Morgan fingerprint density at radius 2 is 1.96 bits per heavy atom. The first-order chi connectivity index (χ1) is 11.1. The van der Waals surface area contributed by atoms with E-state index in [1.165, 1.54) is 6.08 Å². The van der Waals surface area contributed by atoms with Gasteiger partial charge < -0.3 is 19.9 Å². The fourth-order valence-corrected chi connectivity index (χ4v) is 3.14. The molecule has 23 heavy (non-hydrogen) atoms. The number of carbonyl (C=O) groups excluding carboxylic acids is 1. The number of nitrogens with one attached hydrogen (secondary N) is 1. The number of amides is 1. The van der Waals surface area contributed by atoms with Crippen LogP contribution in [0.1, 0.15) is 31.2 Å². The Hall–Kier alpha value is -1.72. The van der Waals surface area contributed by atoms with Crippen molar-refractivity contribution in [1.29, 1.82) is 0 Å². The molecule has 1 aliphatic heterocycles. The topological polar surface area (TPSA) is 67.8 Å². The van der Waals surface area contributed by atoms with Crippen LogP contribution in [-0.4, -0.2) is 36.4 Å². The molecule has 1 aromatic carbocycles. The average Bonchev–Trinajstić information content (AvgIpc) is 2.55. The van der Waals surface area contributed by atoms with Gasteiger partial charge in [0.2, 0.25) is 5.91 Å². The van der Waals surface area contributed by atoms with Crippen LogP contribution in [0.15, 0.2) is 18.2 Å². The predicted molar refractivity (Wildman–Crippen MR) is 87.9 cm³/mol. The summed E-state index contributed by atoms with van der Waals surface area (Å²) in [5.74, 6) is 1.02. The zero-order valence-electron chi connectivity index (χ0n) is 12.8. The summed E-state index contributed by atoms with van der Waals surface area (Å²) in [6.45, 7) is 0.977. The van der Waals surface area contributed by atoms with Crippen molar-refractivity contribution in [3.63, 3.8) is 0 Å². The van der Waals surface area contributed by atoms with Crippen molar-refractivity contribution in [2.45, 2.75) is 37.8 Å². The van der Waals surface area contributed by atoms with Gasteiger partial charge in [0.1, 0.15) is 13.2 Å². The first-order valence-electron chi connectivity index (χ1n) is 7.87. The molecule has 2 N–H and O–H groups in total. The summed E-state index contributed by atoms with van der Waals surface area (Å²) in [6, 6.07) is 3.69. The van der Waals surface area contributed by atoms with Gasteiger partial charge in [0.05, 0.1) is 11.1 Å². The van der Waals surface area contributed by atoms with E-state index in [2.05, 4.69) is 5.32 Å². The highest BCUT2D eigenvalue weighted by atomic mass is 35.5. The third-order valence-electron chi connectivity index (χ3n) is 4.09. The number of halogens is 1. The van der Waals surface area contributed by atoms with Crippen LogP contribution in [0.3, 0.4) is 0 Å². The van der Waals surface area contributed by atoms with Crippen molar-refractivity contribution >= 4 is 23.6 Å². The molecule has 0 radical (unpaired) electrons. The van der Waals surface area contributed by atoms with E-state index in [0.29, 0.717) is 29.7 Å². The fourth-order valence-electron chi connectivity index (χ4n) is 2.87. The van der Waals surface area contributed by atoms with E-state index in [9.17, 15) is 9.90 Å². The summed E-state index contributed by atoms with van der Waals surface area (Å²) in [7, 11) is 0. The zero-order chi connectivity index (χ0) is 16.2.